The van der Waals surface area contributed by atoms with Crippen LogP contribution in [0.25, 0.3) is 77.5 Å². The lowest BCUT2D eigenvalue weighted by Crippen LogP contribution is -1.96. The van der Waals surface area contributed by atoms with Crippen LogP contribution in [0.2, 0.25) is 0 Å². The summed E-state index contributed by atoms with van der Waals surface area (Å²) in [7, 11) is 0. The Bertz CT molecular complexity index is 2340. The van der Waals surface area contributed by atoms with Crippen LogP contribution in [0.15, 0.2) is 170 Å². The molecule has 58 heavy (non-hydrogen) atoms. The number of hydrogen-bond donors (Lipinski definition) is 0. The summed E-state index contributed by atoms with van der Waals surface area (Å²) < 4.78 is 0. The fourth-order valence-electron chi connectivity index (χ4n) is 8.57. The second-order valence-corrected chi connectivity index (χ2v) is 17.3. The van der Waals surface area contributed by atoms with Gasteiger partial charge in [-0.15, -0.1) is 0 Å². The third kappa shape index (κ3) is 7.57. The molecule has 0 aliphatic carbocycles. The highest BCUT2D eigenvalue weighted by Crippen LogP contribution is 2.48. The largest absolute Gasteiger partial charge is 0.0616 e. The molecule has 0 unspecified atom stereocenters. The molecular formula is C58H56. The van der Waals surface area contributed by atoms with Gasteiger partial charge in [-0.3, -0.25) is 0 Å². The van der Waals surface area contributed by atoms with E-state index < -0.39 is 0 Å². The lowest BCUT2D eigenvalue weighted by molar-refractivity contribution is 0.867. The Morgan fingerprint density at radius 3 is 0.690 bits per heavy atom. The van der Waals surface area contributed by atoms with Crippen molar-refractivity contribution in [2.45, 2.75) is 79.1 Å². The van der Waals surface area contributed by atoms with Crippen molar-refractivity contribution in [2.75, 3.05) is 0 Å². The van der Waals surface area contributed by atoms with E-state index in [2.05, 4.69) is 225 Å². The van der Waals surface area contributed by atoms with Gasteiger partial charge in [0, 0.05) is 0 Å². The van der Waals surface area contributed by atoms with E-state index in [1.54, 1.807) is 0 Å². The molecule has 8 aromatic carbocycles. The van der Waals surface area contributed by atoms with Crippen LogP contribution < -0.4 is 0 Å². The van der Waals surface area contributed by atoms with Gasteiger partial charge >= 0.3 is 0 Å². The van der Waals surface area contributed by atoms with Crippen molar-refractivity contribution in [1.82, 2.24) is 0 Å². The van der Waals surface area contributed by atoms with E-state index in [4.69, 9.17) is 0 Å². The second-order valence-electron chi connectivity index (χ2n) is 17.3. The fraction of sp³-hybridized carbons (Fsp3) is 0.207. The van der Waals surface area contributed by atoms with E-state index in [1.807, 2.05) is 0 Å². The smallest absolute Gasteiger partial charge is 0.00206 e. The number of rotatable bonds is 10. The van der Waals surface area contributed by atoms with Gasteiger partial charge in [-0.2, -0.15) is 0 Å². The van der Waals surface area contributed by atoms with Gasteiger partial charge < -0.3 is 0 Å². The lowest BCUT2D eigenvalue weighted by atomic mass is 9.81. The molecule has 0 atom stereocenters. The maximum absolute atomic E-state index is 2.40. The molecule has 288 valence electrons. The van der Waals surface area contributed by atoms with Crippen LogP contribution in [0.4, 0.5) is 0 Å². The Morgan fingerprint density at radius 1 is 0.224 bits per heavy atom. The molecule has 0 radical (unpaired) electrons. The van der Waals surface area contributed by atoms with Crippen LogP contribution in [-0.4, -0.2) is 0 Å². The van der Waals surface area contributed by atoms with Crippen LogP contribution in [0.3, 0.4) is 0 Å². The highest BCUT2D eigenvalue weighted by atomic mass is 14.2. The zero-order valence-corrected chi connectivity index (χ0v) is 35.5. The van der Waals surface area contributed by atoms with Crippen molar-refractivity contribution in [1.29, 1.82) is 0 Å². The Morgan fingerprint density at radius 2 is 0.466 bits per heavy atom. The lowest BCUT2D eigenvalue weighted by Gasteiger charge is -2.22. The molecule has 0 saturated heterocycles. The maximum Gasteiger partial charge on any atom is -0.00206 e. The zero-order valence-electron chi connectivity index (χ0n) is 35.5. The molecule has 0 nitrogen and oxygen atoms in total. The molecule has 0 aromatic heterocycles. The van der Waals surface area contributed by atoms with Crippen molar-refractivity contribution in [3.05, 3.63) is 192 Å². The van der Waals surface area contributed by atoms with Crippen molar-refractivity contribution in [3.63, 3.8) is 0 Å². The van der Waals surface area contributed by atoms with Gasteiger partial charge in [-0.1, -0.05) is 225 Å². The average molecular weight is 753 g/mol. The first-order valence-electron chi connectivity index (χ1n) is 21.3. The Labute approximate surface area is 347 Å². The third-order valence-electron chi connectivity index (χ3n) is 12.1. The number of fused-ring (bicyclic) bond motifs is 1. The SMILES string of the molecule is CC(C)c1ccc(-c2cccc(-c3ccc(C(C)C)cc3)c2-c2ccc(-c3c(-c4ccc(C(C)C)cc4)cccc3-c3ccc(C(C)C)cc3)c3ccccc23)cc1. The molecule has 0 saturated carbocycles. The zero-order chi connectivity index (χ0) is 40.5. The predicted molar refractivity (Wildman–Crippen MR) is 253 cm³/mol. The molecule has 0 amide bonds. The van der Waals surface area contributed by atoms with Crippen molar-refractivity contribution in [3.8, 4) is 66.8 Å². The predicted octanol–water partition coefficient (Wildman–Crippen LogP) is 17.3. The highest BCUT2D eigenvalue weighted by molar-refractivity contribution is 6.12. The Kier molecular flexibility index (Phi) is 11.0. The molecule has 8 aromatic rings. The Balaban J connectivity index is 1.40. The normalized spacial score (nSPS) is 11.7. The van der Waals surface area contributed by atoms with E-state index >= 15 is 0 Å². The Hall–Kier alpha value is -5.98. The standard InChI is InChI=1S/C58H56/c1-37(2)41-19-27-45(28-20-41)49-15-11-16-50(46-29-21-42(22-30-46)38(3)4)57(49)55-35-36-56(54-14-10-9-13-53(54)55)58-51(47-31-23-43(24-32-47)39(5)6)17-12-18-52(58)48-33-25-44(26-34-48)40(7)8/h9-40H,1-8H3. The molecule has 0 aliphatic heterocycles. The van der Waals surface area contributed by atoms with Crippen molar-refractivity contribution in [2.24, 2.45) is 0 Å². The summed E-state index contributed by atoms with van der Waals surface area (Å²) in [5.41, 5.74) is 20.3. The molecule has 0 aliphatic rings. The summed E-state index contributed by atoms with van der Waals surface area (Å²) in [6.07, 6.45) is 0. The van der Waals surface area contributed by atoms with E-state index in [0.717, 1.165) is 0 Å². The van der Waals surface area contributed by atoms with Crippen LogP contribution in [0.1, 0.15) is 101 Å². The van der Waals surface area contributed by atoms with Crippen molar-refractivity contribution < 1.29 is 0 Å². The minimum Gasteiger partial charge on any atom is -0.0616 e. The first kappa shape index (κ1) is 38.9. The summed E-state index contributed by atoms with van der Waals surface area (Å²) >= 11 is 0. The highest BCUT2D eigenvalue weighted by Gasteiger charge is 2.21. The van der Waals surface area contributed by atoms with E-state index in [-0.39, 0.29) is 0 Å². The van der Waals surface area contributed by atoms with Gasteiger partial charge in [0.05, 0.1) is 0 Å². The van der Waals surface area contributed by atoms with E-state index in [0.29, 0.717) is 23.7 Å². The molecule has 8 rings (SSSR count). The summed E-state index contributed by atoms with van der Waals surface area (Å²) in [5, 5.41) is 2.50. The molecular weight excluding hydrogens is 697 g/mol. The molecule has 0 fully saturated rings. The van der Waals surface area contributed by atoms with Crippen LogP contribution in [0.5, 0.6) is 0 Å². The topological polar surface area (TPSA) is 0 Å². The molecule has 0 bridgehead atoms. The van der Waals surface area contributed by atoms with Crippen molar-refractivity contribution >= 4 is 10.8 Å². The monoisotopic (exact) mass is 752 g/mol. The minimum absolute atomic E-state index is 0.477. The van der Waals surface area contributed by atoms with Crippen LogP contribution >= 0.6 is 0 Å². The first-order chi connectivity index (χ1) is 28.1. The molecule has 0 spiro atoms. The van der Waals surface area contributed by atoms with Crippen LogP contribution in [0, 0.1) is 0 Å². The van der Waals surface area contributed by atoms with Gasteiger partial charge in [0.25, 0.3) is 0 Å². The quantitative estimate of drug-likeness (QED) is 0.130. The summed E-state index contributed by atoms with van der Waals surface area (Å²) in [4.78, 5) is 0. The van der Waals surface area contributed by atoms with Gasteiger partial charge in [-0.25, -0.2) is 0 Å². The van der Waals surface area contributed by atoms with Gasteiger partial charge in [0.15, 0.2) is 0 Å². The van der Waals surface area contributed by atoms with Crippen LogP contribution in [-0.2, 0) is 0 Å². The van der Waals surface area contributed by atoms with E-state index in [1.165, 1.54) is 99.8 Å². The van der Waals surface area contributed by atoms with Gasteiger partial charge in [0.1, 0.15) is 0 Å². The van der Waals surface area contributed by atoms with Gasteiger partial charge in [-0.05, 0) is 123 Å². The molecule has 0 N–H and O–H groups in total. The maximum atomic E-state index is 2.40. The minimum atomic E-state index is 0.477. The first-order valence-corrected chi connectivity index (χ1v) is 21.3. The number of benzene rings is 8. The summed E-state index contributed by atoms with van der Waals surface area (Å²) in [6.45, 7) is 18.1. The molecule has 0 heterocycles. The summed E-state index contributed by atoms with van der Waals surface area (Å²) in [5.74, 6) is 1.91. The third-order valence-corrected chi connectivity index (χ3v) is 12.1. The second kappa shape index (κ2) is 16.5. The molecule has 0 heteroatoms. The number of hydrogen-bond acceptors (Lipinski definition) is 0. The summed E-state index contributed by atoms with van der Waals surface area (Å²) in [6, 6.07) is 64.5. The van der Waals surface area contributed by atoms with Gasteiger partial charge in [0.2, 0.25) is 0 Å². The van der Waals surface area contributed by atoms with E-state index in [9.17, 15) is 0 Å². The average Bonchev–Trinajstić information content (AvgIpc) is 3.25. The fourth-order valence-corrected chi connectivity index (χ4v) is 8.57.